The molecular formula is C19H32N6O3. The van der Waals surface area contributed by atoms with Crippen LogP contribution in [0.5, 0.6) is 0 Å². The highest BCUT2D eigenvalue weighted by atomic mass is 16.6. The number of hydrogen-bond donors (Lipinski definition) is 1. The van der Waals surface area contributed by atoms with Crippen LogP contribution in [0.2, 0.25) is 0 Å². The molecule has 1 aromatic rings. The van der Waals surface area contributed by atoms with Gasteiger partial charge in [0, 0.05) is 51.5 Å². The molecule has 9 heteroatoms. The van der Waals surface area contributed by atoms with Gasteiger partial charge in [-0.15, -0.1) is 5.10 Å². The zero-order valence-corrected chi connectivity index (χ0v) is 17.5. The first kappa shape index (κ1) is 21.9. The Morgan fingerprint density at radius 1 is 1.43 bits per heavy atom. The van der Waals surface area contributed by atoms with E-state index in [1.165, 1.54) is 0 Å². The van der Waals surface area contributed by atoms with Crippen molar-refractivity contribution in [3.63, 3.8) is 0 Å². The lowest BCUT2D eigenvalue weighted by atomic mass is 10.1. The Bertz CT molecular complexity index is 694. The van der Waals surface area contributed by atoms with E-state index in [0.717, 1.165) is 18.5 Å². The van der Waals surface area contributed by atoms with Crippen molar-refractivity contribution in [1.82, 2.24) is 30.1 Å². The van der Waals surface area contributed by atoms with Gasteiger partial charge in [-0.3, -0.25) is 14.4 Å². The lowest BCUT2D eigenvalue weighted by molar-refractivity contribution is -0.117. The molecular weight excluding hydrogens is 360 g/mol. The molecule has 0 aromatic carbocycles. The first-order valence-electron chi connectivity index (χ1n) is 9.61. The van der Waals surface area contributed by atoms with Gasteiger partial charge in [0.05, 0.1) is 5.69 Å². The first-order chi connectivity index (χ1) is 13.1. The molecule has 0 unspecified atom stereocenters. The van der Waals surface area contributed by atoms with Gasteiger partial charge >= 0.3 is 6.09 Å². The van der Waals surface area contributed by atoms with Crippen molar-refractivity contribution in [2.75, 3.05) is 26.7 Å². The van der Waals surface area contributed by atoms with Gasteiger partial charge in [0.1, 0.15) is 5.60 Å². The number of rotatable bonds is 6. The van der Waals surface area contributed by atoms with Crippen LogP contribution in [-0.2, 0) is 23.1 Å². The van der Waals surface area contributed by atoms with Crippen molar-refractivity contribution in [3.05, 3.63) is 24.0 Å². The van der Waals surface area contributed by atoms with Gasteiger partial charge in [0.15, 0.2) is 0 Å². The highest BCUT2D eigenvalue weighted by molar-refractivity contribution is 5.87. The molecule has 2 amide bonds. The first-order valence-corrected chi connectivity index (χ1v) is 9.61. The molecule has 1 fully saturated rings. The average molecular weight is 393 g/mol. The minimum atomic E-state index is -0.520. The van der Waals surface area contributed by atoms with Gasteiger partial charge in [-0.25, -0.2) is 4.79 Å². The molecule has 1 saturated heterocycles. The second kappa shape index (κ2) is 9.68. The van der Waals surface area contributed by atoms with Gasteiger partial charge in [0.2, 0.25) is 5.91 Å². The Balaban J connectivity index is 1.74. The van der Waals surface area contributed by atoms with E-state index in [4.69, 9.17) is 4.74 Å². The minimum absolute atomic E-state index is 0.0595. The Morgan fingerprint density at radius 2 is 2.18 bits per heavy atom. The molecule has 0 bridgehead atoms. The molecule has 2 heterocycles. The molecule has 1 aliphatic rings. The summed E-state index contributed by atoms with van der Waals surface area (Å²) in [7, 11) is 3.78. The van der Waals surface area contributed by atoms with Gasteiger partial charge < -0.3 is 15.0 Å². The Kier molecular flexibility index (Phi) is 7.56. The number of likely N-dealkylation sites (tertiary alicyclic amines) is 1. The van der Waals surface area contributed by atoms with Crippen LogP contribution in [0, 0.1) is 0 Å². The van der Waals surface area contributed by atoms with Crippen molar-refractivity contribution in [2.24, 2.45) is 7.05 Å². The third kappa shape index (κ3) is 7.67. The minimum Gasteiger partial charge on any atom is -0.444 e. The maximum atomic E-state index is 12.2. The van der Waals surface area contributed by atoms with Crippen LogP contribution >= 0.6 is 0 Å². The summed E-state index contributed by atoms with van der Waals surface area (Å²) >= 11 is 0. The third-order valence-corrected chi connectivity index (χ3v) is 4.19. The third-order valence-electron chi connectivity index (χ3n) is 4.19. The Hall–Kier alpha value is -2.42. The smallest absolute Gasteiger partial charge is 0.410 e. The van der Waals surface area contributed by atoms with Gasteiger partial charge in [-0.05, 0) is 40.7 Å². The van der Waals surface area contributed by atoms with E-state index in [-0.39, 0.29) is 18.0 Å². The van der Waals surface area contributed by atoms with Crippen LogP contribution in [-0.4, -0.2) is 75.1 Å². The van der Waals surface area contributed by atoms with Crippen LogP contribution in [0.15, 0.2) is 18.3 Å². The SMILES string of the molecule is CN(C/C=C/C(=O)N[C@H]1CCCN(C(=O)OC(C)(C)C)C1)Cc1cn(C)nn1. The second-order valence-electron chi connectivity index (χ2n) is 8.26. The number of aryl methyl sites for hydroxylation is 1. The van der Waals surface area contributed by atoms with E-state index in [1.807, 2.05) is 52.0 Å². The highest BCUT2D eigenvalue weighted by Gasteiger charge is 2.28. The molecule has 1 aromatic heterocycles. The fourth-order valence-corrected chi connectivity index (χ4v) is 2.99. The Labute approximate surface area is 166 Å². The predicted octanol–water partition coefficient (Wildman–Crippen LogP) is 1.32. The molecule has 1 atom stereocenters. The zero-order chi connectivity index (χ0) is 20.7. The number of carbonyl (C=O) groups excluding carboxylic acids is 2. The maximum Gasteiger partial charge on any atom is 0.410 e. The van der Waals surface area contributed by atoms with Gasteiger partial charge in [-0.2, -0.15) is 0 Å². The summed E-state index contributed by atoms with van der Waals surface area (Å²) in [5.41, 5.74) is 0.361. The standard InChI is InChI=1S/C19H32N6O3/c1-19(2,3)28-18(27)25-11-6-8-15(14-25)20-17(26)9-7-10-23(4)12-16-13-24(5)22-21-16/h7,9,13,15H,6,8,10-12,14H2,1-5H3,(H,20,26)/b9-7+/t15-/m0/s1. The van der Waals surface area contributed by atoms with E-state index in [1.54, 1.807) is 15.7 Å². The molecule has 28 heavy (non-hydrogen) atoms. The number of likely N-dealkylation sites (N-methyl/N-ethyl adjacent to an activating group) is 1. The fraction of sp³-hybridized carbons (Fsp3) is 0.684. The van der Waals surface area contributed by atoms with Crippen molar-refractivity contribution in [1.29, 1.82) is 0 Å². The molecule has 1 aliphatic heterocycles. The van der Waals surface area contributed by atoms with Crippen molar-refractivity contribution >= 4 is 12.0 Å². The van der Waals surface area contributed by atoms with E-state index >= 15 is 0 Å². The number of carbonyl (C=O) groups is 2. The summed E-state index contributed by atoms with van der Waals surface area (Å²) in [5, 5.41) is 10.9. The Morgan fingerprint density at radius 3 is 2.82 bits per heavy atom. The van der Waals surface area contributed by atoms with E-state index in [9.17, 15) is 9.59 Å². The topological polar surface area (TPSA) is 92.6 Å². The van der Waals surface area contributed by atoms with E-state index in [0.29, 0.717) is 26.2 Å². The summed E-state index contributed by atoms with van der Waals surface area (Å²) in [6, 6.07) is -0.0595. The highest BCUT2D eigenvalue weighted by Crippen LogP contribution is 2.15. The largest absolute Gasteiger partial charge is 0.444 e. The van der Waals surface area contributed by atoms with Crippen LogP contribution in [0.1, 0.15) is 39.3 Å². The molecule has 0 radical (unpaired) electrons. The van der Waals surface area contributed by atoms with Crippen LogP contribution in [0.25, 0.3) is 0 Å². The summed E-state index contributed by atoms with van der Waals surface area (Å²) in [6.45, 7) is 7.96. The lowest BCUT2D eigenvalue weighted by Gasteiger charge is -2.34. The number of aromatic nitrogens is 3. The zero-order valence-electron chi connectivity index (χ0n) is 17.5. The summed E-state index contributed by atoms with van der Waals surface area (Å²) in [6.07, 6.45) is 6.60. The fourth-order valence-electron chi connectivity index (χ4n) is 2.99. The average Bonchev–Trinajstić information content (AvgIpc) is 2.98. The van der Waals surface area contributed by atoms with Gasteiger partial charge in [-0.1, -0.05) is 11.3 Å². The van der Waals surface area contributed by atoms with Crippen molar-refractivity contribution in [3.8, 4) is 0 Å². The number of nitrogens with zero attached hydrogens (tertiary/aromatic N) is 5. The maximum absolute atomic E-state index is 12.2. The molecule has 0 spiro atoms. The van der Waals surface area contributed by atoms with Crippen LogP contribution < -0.4 is 5.32 Å². The molecule has 9 nitrogen and oxygen atoms in total. The number of hydrogen-bond acceptors (Lipinski definition) is 6. The molecule has 0 saturated carbocycles. The lowest BCUT2D eigenvalue weighted by Crippen LogP contribution is -2.50. The van der Waals surface area contributed by atoms with Crippen molar-refractivity contribution in [2.45, 2.75) is 51.8 Å². The molecule has 1 N–H and O–H groups in total. The van der Waals surface area contributed by atoms with Crippen LogP contribution in [0.3, 0.4) is 0 Å². The number of piperidine rings is 1. The quantitative estimate of drug-likeness (QED) is 0.734. The van der Waals surface area contributed by atoms with E-state index < -0.39 is 5.60 Å². The molecule has 2 rings (SSSR count). The van der Waals surface area contributed by atoms with Crippen LogP contribution in [0.4, 0.5) is 4.79 Å². The normalized spacial score (nSPS) is 17.9. The molecule has 156 valence electrons. The number of nitrogens with one attached hydrogen (secondary N) is 1. The summed E-state index contributed by atoms with van der Waals surface area (Å²) < 4.78 is 7.08. The van der Waals surface area contributed by atoms with Crippen molar-refractivity contribution < 1.29 is 14.3 Å². The van der Waals surface area contributed by atoms with Gasteiger partial charge in [0.25, 0.3) is 0 Å². The monoisotopic (exact) mass is 392 g/mol. The summed E-state index contributed by atoms with van der Waals surface area (Å²) in [4.78, 5) is 28.1. The second-order valence-corrected chi connectivity index (χ2v) is 8.26. The summed E-state index contributed by atoms with van der Waals surface area (Å²) in [5.74, 6) is -0.149. The number of amides is 2. The molecule has 0 aliphatic carbocycles. The number of ether oxygens (including phenoxy) is 1. The predicted molar refractivity (Wildman–Crippen MR) is 105 cm³/mol. The van der Waals surface area contributed by atoms with E-state index in [2.05, 4.69) is 15.6 Å².